The van der Waals surface area contributed by atoms with Crippen molar-refractivity contribution in [1.82, 2.24) is 5.32 Å². The first kappa shape index (κ1) is 19.3. The van der Waals surface area contributed by atoms with Gasteiger partial charge in [0, 0.05) is 18.0 Å². The molecular weight excluding hydrogens is 246 g/mol. The van der Waals surface area contributed by atoms with Crippen LogP contribution in [0.4, 0.5) is 0 Å². The number of amides is 1. The SMILES string of the molecule is CC.CC.Cc1cccc(C(=O)NCCCCl)c1. The summed E-state index contributed by atoms with van der Waals surface area (Å²) in [7, 11) is 0. The van der Waals surface area contributed by atoms with Crippen LogP contribution in [0.2, 0.25) is 0 Å². The number of carbonyl (C=O) groups excluding carboxylic acids is 1. The third-order valence-electron chi connectivity index (χ3n) is 1.88. The second-order valence-electron chi connectivity index (χ2n) is 3.17. The summed E-state index contributed by atoms with van der Waals surface area (Å²) in [4.78, 5) is 11.5. The molecule has 0 atom stereocenters. The summed E-state index contributed by atoms with van der Waals surface area (Å²) in [6.45, 7) is 10.6. The molecule has 0 aliphatic carbocycles. The Morgan fingerprint density at radius 1 is 1.22 bits per heavy atom. The maximum atomic E-state index is 11.5. The molecule has 3 heteroatoms. The number of hydrogen-bond donors (Lipinski definition) is 1. The quantitative estimate of drug-likeness (QED) is 0.638. The summed E-state index contributed by atoms with van der Waals surface area (Å²) in [5.74, 6) is 0.549. The Morgan fingerprint density at radius 2 is 1.83 bits per heavy atom. The molecule has 0 saturated heterocycles. The van der Waals surface area contributed by atoms with Crippen LogP contribution in [0.5, 0.6) is 0 Å². The zero-order valence-corrected chi connectivity index (χ0v) is 13.0. The van der Waals surface area contributed by atoms with Gasteiger partial charge in [-0.3, -0.25) is 4.79 Å². The van der Waals surface area contributed by atoms with Crippen LogP contribution < -0.4 is 5.32 Å². The van der Waals surface area contributed by atoms with Gasteiger partial charge in [0.1, 0.15) is 0 Å². The van der Waals surface area contributed by atoms with Crippen molar-refractivity contribution in [3.05, 3.63) is 35.4 Å². The molecule has 0 spiro atoms. The Kier molecular flexibility index (Phi) is 15.1. The van der Waals surface area contributed by atoms with Crippen LogP contribution in [-0.4, -0.2) is 18.3 Å². The van der Waals surface area contributed by atoms with Crippen molar-refractivity contribution in [3.8, 4) is 0 Å². The average Bonchev–Trinajstić information content (AvgIpc) is 2.43. The molecule has 0 unspecified atom stereocenters. The van der Waals surface area contributed by atoms with E-state index >= 15 is 0 Å². The van der Waals surface area contributed by atoms with Gasteiger partial charge in [-0.1, -0.05) is 45.4 Å². The predicted octanol–water partition coefficient (Wildman–Crippen LogP) is 4.41. The predicted molar refractivity (Wildman–Crippen MR) is 81.5 cm³/mol. The molecule has 0 aromatic heterocycles. The Bertz CT molecular complexity index is 313. The summed E-state index contributed by atoms with van der Waals surface area (Å²) < 4.78 is 0. The third kappa shape index (κ3) is 9.06. The number of hydrogen-bond acceptors (Lipinski definition) is 1. The van der Waals surface area contributed by atoms with Gasteiger partial charge in [0.15, 0.2) is 0 Å². The standard InChI is InChI=1S/C11H14ClNO.2C2H6/c1-9-4-2-5-10(8-9)11(14)13-7-3-6-12;2*1-2/h2,4-5,8H,3,6-7H2,1H3,(H,13,14);2*1-2H3. The molecule has 0 bridgehead atoms. The minimum atomic E-state index is -0.0289. The van der Waals surface area contributed by atoms with E-state index < -0.39 is 0 Å². The molecule has 0 fully saturated rings. The molecule has 1 aromatic carbocycles. The Hall–Kier alpha value is -1.02. The smallest absolute Gasteiger partial charge is 0.251 e. The van der Waals surface area contributed by atoms with E-state index in [-0.39, 0.29) is 5.91 Å². The van der Waals surface area contributed by atoms with E-state index in [4.69, 9.17) is 11.6 Å². The van der Waals surface area contributed by atoms with Crippen molar-refractivity contribution in [1.29, 1.82) is 0 Å². The largest absolute Gasteiger partial charge is 0.352 e. The molecule has 0 aliphatic rings. The van der Waals surface area contributed by atoms with E-state index in [2.05, 4.69) is 5.32 Å². The fourth-order valence-electron chi connectivity index (χ4n) is 1.16. The molecule has 0 saturated carbocycles. The summed E-state index contributed by atoms with van der Waals surface area (Å²) in [6, 6.07) is 7.53. The minimum absolute atomic E-state index is 0.0289. The highest BCUT2D eigenvalue weighted by Crippen LogP contribution is 2.03. The Balaban J connectivity index is 0. The monoisotopic (exact) mass is 271 g/mol. The van der Waals surface area contributed by atoms with Crippen LogP contribution in [0.15, 0.2) is 24.3 Å². The lowest BCUT2D eigenvalue weighted by Crippen LogP contribution is -2.24. The molecule has 0 radical (unpaired) electrons. The highest BCUT2D eigenvalue weighted by molar-refractivity contribution is 6.17. The molecule has 2 nitrogen and oxygen atoms in total. The molecule has 18 heavy (non-hydrogen) atoms. The van der Waals surface area contributed by atoms with E-state index in [1.54, 1.807) is 0 Å². The molecule has 0 aliphatic heterocycles. The number of halogens is 1. The van der Waals surface area contributed by atoms with Crippen molar-refractivity contribution in [2.45, 2.75) is 41.0 Å². The molecule has 1 N–H and O–H groups in total. The maximum Gasteiger partial charge on any atom is 0.251 e. The molecular formula is C15H26ClNO. The van der Waals surface area contributed by atoms with Gasteiger partial charge in [-0.25, -0.2) is 0 Å². The zero-order chi connectivity index (χ0) is 14.4. The van der Waals surface area contributed by atoms with E-state index in [0.29, 0.717) is 18.0 Å². The van der Waals surface area contributed by atoms with Gasteiger partial charge in [-0.15, -0.1) is 11.6 Å². The zero-order valence-electron chi connectivity index (χ0n) is 12.2. The van der Waals surface area contributed by atoms with E-state index in [1.807, 2.05) is 58.9 Å². The van der Waals surface area contributed by atoms with Crippen molar-refractivity contribution in [2.75, 3.05) is 12.4 Å². The number of nitrogens with one attached hydrogen (secondary N) is 1. The number of alkyl halides is 1. The first-order valence-corrected chi connectivity index (χ1v) is 7.18. The minimum Gasteiger partial charge on any atom is -0.352 e. The van der Waals surface area contributed by atoms with Crippen LogP contribution in [0.3, 0.4) is 0 Å². The maximum absolute atomic E-state index is 11.5. The molecule has 1 rings (SSSR count). The van der Waals surface area contributed by atoms with Crippen molar-refractivity contribution in [2.24, 2.45) is 0 Å². The first-order valence-electron chi connectivity index (χ1n) is 6.65. The fraction of sp³-hybridized carbons (Fsp3) is 0.533. The fourth-order valence-corrected chi connectivity index (χ4v) is 1.29. The van der Waals surface area contributed by atoms with Gasteiger partial charge in [-0.05, 0) is 25.5 Å². The Labute approximate surface area is 117 Å². The van der Waals surface area contributed by atoms with Gasteiger partial charge < -0.3 is 5.32 Å². The van der Waals surface area contributed by atoms with Gasteiger partial charge in [0.05, 0.1) is 0 Å². The average molecular weight is 272 g/mol. The molecule has 1 amide bonds. The summed E-state index contributed by atoms with van der Waals surface area (Å²) in [5, 5.41) is 2.80. The summed E-state index contributed by atoms with van der Waals surface area (Å²) in [6.07, 6.45) is 0.805. The second kappa shape index (κ2) is 14.0. The van der Waals surface area contributed by atoms with Crippen LogP contribution in [-0.2, 0) is 0 Å². The highest BCUT2D eigenvalue weighted by atomic mass is 35.5. The van der Waals surface area contributed by atoms with E-state index in [1.165, 1.54) is 0 Å². The lowest BCUT2D eigenvalue weighted by atomic mass is 10.1. The lowest BCUT2D eigenvalue weighted by Gasteiger charge is -2.04. The van der Waals surface area contributed by atoms with E-state index in [0.717, 1.165) is 12.0 Å². The summed E-state index contributed by atoms with van der Waals surface area (Å²) in [5.41, 5.74) is 1.80. The van der Waals surface area contributed by atoms with Gasteiger partial charge in [0.25, 0.3) is 5.91 Å². The number of benzene rings is 1. The third-order valence-corrected chi connectivity index (χ3v) is 2.14. The topological polar surface area (TPSA) is 29.1 Å². The normalized spacial score (nSPS) is 8.33. The van der Waals surface area contributed by atoms with Gasteiger partial charge in [0.2, 0.25) is 0 Å². The number of rotatable bonds is 4. The van der Waals surface area contributed by atoms with Crippen LogP contribution in [0.25, 0.3) is 0 Å². The van der Waals surface area contributed by atoms with E-state index in [9.17, 15) is 4.79 Å². The van der Waals surface area contributed by atoms with Crippen molar-refractivity contribution >= 4 is 17.5 Å². The van der Waals surface area contributed by atoms with Crippen LogP contribution in [0, 0.1) is 6.92 Å². The van der Waals surface area contributed by atoms with Crippen molar-refractivity contribution in [3.63, 3.8) is 0 Å². The first-order chi connectivity index (χ1) is 8.74. The van der Waals surface area contributed by atoms with Crippen LogP contribution >= 0.6 is 11.6 Å². The Morgan fingerprint density at radius 3 is 2.33 bits per heavy atom. The van der Waals surface area contributed by atoms with Gasteiger partial charge in [-0.2, -0.15) is 0 Å². The second-order valence-corrected chi connectivity index (χ2v) is 3.55. The molecule has 1 aromatic rings. The number of carbonyl (C=O) groups is 1. The highest BCUT2D eigenvalue weighted by Gasteiger charge is 2.03. The lowest BCUT2D eigenvalue weighted by molar-refractivity contribution is 0.0953. The molecule has 0 heterocycles. The van der Waals surface area contributed by atoms with Crippen LogP contribution in [0.1, 0.15) is 50.0 Å². The molecule has 104 valence electrons. The number of aryl methyl sites for hydroxylation is 1. The van der Waals surface area contributed by atoms with Gasteiger partial charge >= 0.3 is 0 Å². The van der Waals surface area contributed by atoms with Crippen molar-refractivity contribution < 1.29 is 4.79 Å². The summed E-state index contributed by atoms with van der Waals surface area (Å²) >= 11 is 5.50.